The normalized spacial score (nSPS) is 12.4. The van der Waals surface area contributed by atoms with Crippen LogP contribution in [0.1, 0.15) is 31.8 Å². The summed E-state index contributed by atoms with van der Waals surface area (Å²) in [6, 6.07) is 14.4. The van der Waals surface area contributed by atoms with Gasteiger partial charge in [0.25, 0.3) is 0 Å². The molecular weight excluding hydrogens is 240 g/mol. The van der Waals surface area contributed by atoms with Crippen molar-refractivity contribution in [2.45, 2.75) is 0 Å². The van der Waals surface area contributed by atoms with Crippen molar-refractivity contribution in [1.29, 1.82) is 0 Å². The number of cyclic esters (lactones) is 2. The van der Waals surface area contributed by atoms with Gasteiger partial charge in [-0.05, 0) is 24.3 Å². The summed E-state index contributed by atoms with van der Waals surface area (Å²) in [4.78, 5) is 23.0. The van der Waals surface area contributed by atoms with Crippen molar-refractivity contribution in [2.75, 3.05) is 0 Å². The zero-order valence-corrected chi connectivity index (χ0v) is 9.84. The molecule has 19 heavy (non-hydrogen) atoms. The van der Waals surface area contributed by atoms with E-state index in [-0.39, 0.29) is 11.1 Å². The van der Waals surface area contributed by atoms with Crippen molar-refractivity contribution in [1.82, 2.24) is 0 Å². The van der Waals surface area contributed by atoms with Crippen LogP contribution in [0.4, 0.5) is 0 Å². The summed E-state index contributed by atoms with van der Waals surface area (Å²) in [7, 11) is 0. The smallest absolute Gasteiger partial charge is 0.348 e. The van der Waals surface area contributed by atoms with Crippen molar-refractivity contribution in [2.24, 2.45) is 0 Å². The third-order valence-corrected chi connectivity index (χ3v) is 2.79. The Balaban J connectivity index is 2.07. The molecule has 0 unspecified atom stereocenters. The van der Waals surface area contributed by atoms with E-state index in [0.717, 1.165) is 5.56 Å². The van der Waals surface area contributed by atoms with Crippen LogP contribution in [0.3, 0.4) is 0 Å². The summed E-state index contributed by atoms with van der Waals surface area (Å²) in [6.07, 6.45) is 0. The minimum Gasteiger partial charge on any atom is -0.386 e. The number of carbonyl (C=O) groups excluding carboxylic acids is 2. The average Bonchev–Trinajstić information content (AvgIpc) is 2.74. The third kappa shape index (κ3) is 2.00. The molecule has 3 heteroatoms. The van der Waals surface area contributed by atoms with E-state index in [9.17, 15) is 9.59 Å². The van der Waals surface area contributed by atoms with E-state index in [1.807, 2.05) is 30.3 Å². The van der Waals surface area contributed by atoms with Gasteiger partial charge in [0.15, 0.2) is 0 Å². The Bertz CT molecular complexity index is 734. The fraction of sp³-hybridized carbons (Fsp3) is 0. The molecule has 2 aromatic rings. The molecule has 1 aliphatic heterocycles. The maximum atomic E-state index is 11.6. The summed E-state index contributed by atoms with van der Waals surface area (Å²) < 4.78 is 4.58. The van der Waals surface area contributed by atoms with Gasteiger partial charge in [-0.15, -0.1) is 0 Å². The maximum Gasteiger partial charge on any atom is 0.348 e. The van der Waals surface area contributed by atoms with E-state index in [0.29, 0.717) is 5.56 Å². The van der Waals surface area contributed by atoms with Gasteiger partial charge in [-0.1, -0.05) is 36.1 Å². The van der Waals surface area contributed by atoms with Crippen LogP contribution in [0, 0.1) is 11.8 Å². The summed E-state index contributed by atoms with van der Waals surface area (Å²) in [5, 5.41) is 0. The Labute approximate surface area is 109 Å². The molecule has 0 fully saturated rings. The van der Waals surface area contributed by atoms with Crippen LogP contribution in [-0.2, 0) is 4.74 Å². The second-order valence-electron chi connectivity index (χ2n) is 4.02. The summed E-state index contributed by atoms with van der Waals surface area (Å²) in [5.41, 5.74) is 1.90. The Morgan fingerprint density at radius 2 is 1.58 bits per heavy atom. The first-order valence-corrected chi connectivity index (χ1v) is 5.72. The zero-order chi connectivity index (χ0) is 13.2. The first kappa shape index (κ1) is 11.2. The number of ether oxygens (including phenoxy) is 1. The van der Waals surface area contributed by atoms with Gasteiger partial charge in [0, 0.05) is 11.1 Å². The number of carbonyl (C=O) groups is 2. The van der Waals surface area contributed by atoms with Crippen molar-refractivity contribution in [3.05, 3.63) is 70.8 Å². The molecule has 0 saturated carbocycles. The molecule has 1 heterocycles. The third-order valence-electron chi connectivity index (χ3n) is 2.79. The van der Waals surface area contributed by atoms with Crippen molar-refractivity contribution < 1.29 is 14.3 Å². The molecule has 0 radical (unpaired) electrons. The van der Waals surface area contributed by atoms with Crippen LogP contribution in [0.25, 0.3) is 0 Å². The summed E-state index contributed by atoms with van der Waals surface area (Å²) in [5.74, 6) is 4.63. The number of fused-ring (bicyclic) bond motifs is 1. The van der Waals surface area contributed by atoms with E-state index in [4.69, 9.17) is 0 Å². The quantitative estimate of drug-likeness (QED) is 0.408. The van der Waals surface area contributed by atoms with Crippen LogP contribution in [0.2, 0.25) is 0 Å². The molecule has 0 saturated heterocycles. The number of benzene rings is 2. The topological polar surface area (TPSA) is 43.4 Å². The molecule has 0 aliphatic carbocycles. The largest absolute Gasteiger partial charge is 0.386 e. The Kier molecular flexibility index (Phi) is 2.62. The number of esters is 2. The molecule has 0 aromatic heterocycles. The van der Waals surface area contributed by atoms with E-state index >= 15 is 0 Å². The molecule has 3 nitrogen and oxygen atoms in total. The van der Waals surface area contributed by atoms with E-state index in [1.54, 1.807) is 18.2 Å². The predicted molar refractivity (Wildman–Crippen MR) is 68.6 cm³/mol. The molecule has 2 aromatic carbocycles. The van der Waals surface area contributed by atoms with Gasteiger partial charge in [-0.3, -0.25) is 0 Å². The van der Waals surface area contributed by atoms with Gasteiger partial charge >= 0.3 is 11.9 Å². The molecule has 0 atom stereocenters. The highest BCUT2D eigenvalue weighted by Crippen LogP contribution is 2.22. The van der Waals surface area contributed by atoms with Crippen LogP contribution < -0.4 is 0 Å². The summed E-state index contributed by atoms with van der Waals surface area (Å²) >= 11 is 0. The molecule has 0 N–H and O–H groups in total. The van der Waals surface area contributed by atoms with Gasteiger partial charge in [0.1, 0.15) is 0 Å². The first-order chi connectivity index (χ1) is 9.25. The fourth-order valence-corrected chi connectivity index (χ4v) is 1.90. The second-order valence-corrected chi connectivity index (χ2v) is 4.02. The highest BCUT2D eigenvalue weighted by atomic mass is 16.6. The van der Waals surface area contributed by atoms with Crippen molar-refractivity contribution in [3.8, 4) is 11.8 Å². The SMILES string of the molecule is O=C1OC(=O)c2c(C#Cc3ccccc3)cccc21. The van der Waals surface area contributed by atoms with E-state index in [1.165, 1.54) is 0 Å². The Hall–Kier alpha value is -2.86. The van der Waals surface area contributed by atoms with Gasteiger partial charge in [-0.25, -0.2) is 9.59 Å². The first-order valence-electron chi connectivity index (χ1n) is 5.72. The van der Waals surface area contributed by atoms with Gasteiger partial charge in [-0.2, -0.15) is 0 Å². The number of hydrogen-bond acceptors (Lipinski definition) is 3. The van der Waals surface area contributed by atoms with Gasteiger partial charge in [0.2, 0.25) is 0 Å². The summed E-state index contributed by atoms with van der Waals surface area (Å²) in [6.45, 7) is 0. The van der Waals surface area contributed by atoms with Gasteiger partial charge < -0.3 is 4.74 Å². The molecular formula is C16H8O3. The molecule has 0 bridgehead atoms. The monoisotopic (exact) mass is 248 g/mol. The minimum atomic E-state index is -0.627. The van der Waals surface area contributed by atoms with E-state index in [2.05, 4.69) is 16.6 Å². The number of rotatable bonds is 0. The molecule has 0 amide bonds. The zero-order valence-electron chi connectivity index (χ0n) is 9.84. The Morgan fingerprint density at radius 3 is 2.37 bits per heavy atom. The number of hydrogen-bond donors (Lipinski definition) is 0. The maximum absolute atomic E-state index is 11.6. The van der Waals surface area contributed by atoms with Gasteiger partial charge in [0.05, 0.1) is 11.1 Å². The fourth-order valence-electron chi connectivity index (χ4n) is 1.90. The molecule has 90 valence electrons. The van der Waals surface area contributed by atoms with Crippen molar-refractivity contribution >= 4 is 11.9 Å². The van der Waals surface area contributed by atoms with Crippen molar-refractivity contribution in [3.63, 3.8) is 0 Å². The lowest BCUT2D eigenvalue weighted by atomic mass is 10.0. The standard InChI is InChI=1S/C16H8O3/c17-15-13-8-4-7-12(14(13)16(18)19-15)10-9-11-5-2-1-3-6-11/h1-8H. The minimum absolute atomic E-state index is 0.260. The lowest BCUT2D eigenvalue weighted by Gasteiger charge is -1.95. The highest BCUT2D eigenvalue weighted by Gasteiger charge is 2.31. The highest BCUT2D eigenvalue weighted by molar-refractivity contribution is 6.15. The average molecular weight is 248 g/mol. The van der Waals surface area contributed by atoms with Crippen LogP contribution in [-0.4, -0.2) is 11.9 Å². The second kappa shape index (κ2) is 4.43. The molecule has 3 rings (SSSR count). The van der Waals surface area contributed by atoms with Crippen LogP contribution >= 0.6 is 0 Å². The lowest BCUT2D eigenvalue weighted by molar-refractivity contribution is 0.0443. The molecule has 1 aliphatic rings. The van der Waals surface area contributed by atoms with E-state index < -0.39 is 11.9 Å². The Morgan fingerprint density at radius 1 is 0.789 bits per heavy atom. The lowest BCUT2D eigenvalue weighted by Crippen LogP contribution is -1.98. The van der Waals surface area contributed by atoms with Crippen LogP contribution in [0.5, 0.6) is 0 Å². The molecule has 0 spiro atoms. The predicted octanol–water partition coefficient (Wildman–Crippen LogP) is 2.40. The van der Waals surface area contributed by atoms with Crippen LogP contribution in [0.15, 0.2) is 48.5 Å².